The van der Waals surface area contributed by atoms with Crippen LogP contribution < -0.4 is 5.32 Å². The lowest BCUT2D eigenvalue weighted by Gasteiger charge is -2.63. The SMILES string of the molecule is CC(=O)NC1CCN(C(=O)CC2C(O)CCC3C4(C)COC(Cc5ccccc5)OC4CCC23C)C1. The molecule has 198 valence electrons. The number of nitrogens with zero attached hydrogens (tertiary/aromatic N) is 1. The third-order valence-corrected chi connectivity index (χ3v) is 9.82. The summed E-state index contributed by atoms with van der Waals surface area (Å²) in [5.74, 6) is 0.289. The Hall–Kier alpha value is -1.96. The monoisotopic (exact) mass is 498 g/mol. The maximum Gasteiger partial charge on any atom is 0.223 e. The third kappa shape index (κ3) is 4.82. The van der Waals surface area contributed by atoms with Gasteiger partial charge < -0.3 is 24.8 Å². The summed E-state index contributed by atoms with van der Waals surface area (Å²) >= 11 is 0. The van der Waals surface area contributed by atoms with Crippen molar-refractivity contribution < 1.29 is 24.2 Å². The Labute approximate surface area is 214 Å². The van der Waals surface area contributed by atoms with Crippen LogP contribution >= 0.6 is 0 Å². The molecule has 1 aromatic carbocycles. The molecule has 7 heteroatoms. The molecule has 2 N–H and O–H groups in total. The van der Waals surface area contributed by atoms with Gasteiger partial charge in [0.1, 0.15) is 0 Å². The topological polar surface area (TPSA) is 88.1 Å². The van der Waals surface area contributed by atoms with E-state index in [1.165, 1.54) is 12.5 Å². The van der Waals surface area contributed by atoms with Gasteiger partial charge in [-0.3, -0.25) is 9.59 Å². The van der Waals surface area contributed by atoms with E-state index in [1.807, 2.05) is 23.1 Å². The summed E-state index contributed by atoms with van der Waals surface area (Å²) < 4.78 is 12.9. The molecule has 0 spiro atoms. The number of carbonyl (C=O) groups excluding carboxylic acids is 2. The van der Waals surface area contributed by atoms with E-state index < -0.39 is 6.10 Å². The van der Waals surface area contributed by atoms with Crippen molar-refractivity contribution in [1.82, 2.24) is 10.2 Å². The zero-order valence-electron chi connectivity index (χ0n) is 21.9. The third-order valence-electron chi connectivity index (χ3n) is 9.82. The van der Waals surface area contributed by atoms with Gasteiger partial charge in [0.05, 0.1) is 18.8 Å². The molecule has 0 radical (unpaired) electrons. The Balaban J connectivity index is 1.26. The van der Waals surface area contributed by atoms with Gasteiger partial charge >= 0.3 is 0 Å². The van der Waals surface area contributed by atoms with Gasteiger partial charge in [-0.15, -0.1) is 0 Å². The maximum absolute atomic E-state index is 13.3. The summed E-state index contributed by atoms with van der Waals surface area (Å²) in [6.45, 7) is 7.98. The predicted molar refractivity (Wildman–Crippen MR) is 136 cm³/mol. The van der Waals surface area contributed by atoms with Gasteiger partial charge in [0.15, 0.2) is 6.29 Å². The van der Waals surface area contributed by atoms with E-state index in [-0.39, 0.29) is 47.0 Å². The van der Waals surface area contributed by atoms with Crippen LogP contribution in [0.25, 0.3) is 0 Å². The zero-order valence-corrected chi connectivity index (χ0v) is 21.9. The van der Waals surface area contributed by atoms with Crippen LogP contribution in [-0.2, 0) is 25.5 Å². The number of rotatable bonds is 5. The average Bonchev–Trinajstić information content (AvgIpc) is 3.30. The number of amides is 2. The number of aliphatic hydroxyl groups is 1. The summed E-state index contributed by atoms with van der Waals surface area (Å²) in [6.07, 6.45) is 4.83. The first-order valence-electron chi connectivity index (χ1n) is 13.7. The standard InChI is InChI=1S/C29H42N2O5/c1-19(32)30-21-12-14-31(17-21)26(34)16-22-23(33)9-10-24-28(22,2)13-11-25-29(24,3)18-35-27(36-25)15-20-7-5-4-6-8-20/h4-8,21-25,27,33H,9-18H2,1-3H3,(H,30,32). The van der Waals surface area contributed by atoms with Crippen molar-refractivity contribution in [2.75, 3.05) is 19.7 Å². The van der Waals surface area contributed by atoms with Gasteiger partial charge in [-0.25, -0.2) is 0 Å². The van der Waals surface area contributed by atoms with E-state index in [9.17, 15) is 14.7 Å². The van der Waals surface area contributed by atoms with Crippen LogP contribution in [0.5, 0.6) is 0 Å². The molecular formula is C29H42N2O5. The number of aliphatic hydroxyl groups excluding tert-OH is 1. The molecule has 2 aliphatic carbocycles. The van der Waals surface area contributed by atoms with Gasteiger partial charge in [-0.05, 0) is 54.9 Å². The molecule has 2 amide bonds. The molecule has 4 aliphatic rings. The molecule has 8 unspecified atom stereocenters. The lowest BCUT2D eigenvalue weighted by molar-refractivity contribution is -0.308. The predicted octanol–water partition coefficient (Wildman–Crippen LogP) is 3.29. The van der Waals surface area contributed by atoms with E-state index in [4.69, 9.17) is 9.47 Å². The normalized spacial score (nSPS) is 40.3. The molecule has 8 atom stereocenters. The van der Waals surface area contributed by atoms with E-state index in [0.717, 1.165) is 32.1 Å². The van der Waals surface area contributed by atoms with Gasteiger partial charge in [-0.1, -0.05) is 44.2 Å². The molecular weight excluding hydrogens is 456 g/mol. The summed E-state index contributed by atoms with van der Waals surface area (Å²) in [5.41, 5.74) is 0.939. The number of ether oxygens (including phenoxy) is 2. The Morgan fingerprint density at radius 2 is 1.89 bits per heavy atom. The fraction of sp³-hybridized carbons (Fsp3) is 0.724. The smallest absolute Gasteiger partial charge is 0.223 e. The first kappa shape index (κ1) is 25.7. The summed E-state index contributed by atoms with van der Waals surface area (Å²) in [7, 11) is 0. The minimum absolute atomic E-state index is 0.0285. The number of fused-ring (bicyclic) bond motifs is 3. The number of benzene rings is 1. The quantitative estimate of drug-likeness (QED) is 0.651. The van der Waals surface area contributed by atoms with E-state index >= 15 is 0 Å². The second kappa shape index (κ2) is 10.1. The number of nitrogens with one attached hydrogen (secondary N) is 1. The summed E-state index contributed by atoms with van der Waals surface area (Å²) in [4.78, 5) is 26.6. The van der Waals surface area contributed by atoms with Gasteiger partial charge in [-0.2, -0.15) is 0 Å². The minimum atomic E-state index is -0.472. The van der Waals surface area contributed by atoms with Crippen molar-refractivity contribution >= 4 is 11.8 Å². The molecule has 2 heterocycles. The molecule has 2 aliphatic heterocycles. The molecule has 0 bridgehead atoms. The highest BCUT2D eigenvalue weighted by Crippen LogP contribution is 2.62. The van der Waals surface area contributed by atoms with Crippen LogP contribution in [0, 0.1) is 22.7 Å². The summed E-state index contributed by atoms with van der Waals surface area (Å²) in [6, 6.07) is 10.4. The average molecular weight is 499 g/mol. The molecule has 0 aromatic heterocycles. The van der Waals surface area contributed by atoms with Gasteiger partial charge in [0.2, 0.25) is 11.8 Å². The van der Waals surface area contributed by atoms with Crippen molar-refractivity contribution in [2.45, 2.75) is 90.3 Å². The molecule has 5 rings (SSSR count). The number of hydrogen-bond acceptors (Lipinski definition) is 5. The van der Waals surface area contributed by atoms with Crippen molar-refractivity contribution in [3.8, 4) is 0 Å². The molecule has 2 saturated heterocycles. The van der Waals surface area contributed by atoms with E-state index in [2.05, 4.69) is 31.3 Å². The first-order valence-corrected chi connectivity index (χ1v) is 13.7. The van der Waals surface area contributed by atoms with Gasteiger partial charge in [0, 0.05) is 44.3 Å². The van der Waals surface area contributed by atoms with Crippen molar-refractivity contribution in [2.24, 2.45) is 22.7 Å². The highest BCUT2D eigenvalue weighted by molar-refractivity contribution is 5.77. The Kier molecular flexibility index (Phi) is 7.18. The minimum Gasteiger partial charge on any atom is -0.393 e. The summed E-state index contributed by atoms with van der Waals surface area (Å²) in [5, 5.41) is 14.1. The lowest BCUT2D eigenvalue weighted by atomic mass is 9.46. The van der Waals surface area contributed by atoms with Crippen molar-refractivity contribution in [1.29, 1.82) is 0 Å². The highest BCUT2D eigenvalue weighted by atomic mass is 16.7. The Bertz CT molecular complexity index is 956. The fourth-order valence-electron chi connectivity index (χ4n) is 7.91. The van der Waals surface area contributed by atoms with Crippen LogP contribution in [0.3, 0.4) is 0 Å². The van der Waals surface area contributed by atoms with Crippen LogP contribution in [0.1, 0.15) is 64.9 Å². The van der Waals surface area contributed by atoms with E-state index in [0.29, 0.717) is 38.5 Å². The van der Waals surface area contributed by atoms with Crippen LogP contribution in [0.15, 0.2) is 30.3 Å². The maximum atomic E-state index is 13.3. The van der Waals surface area contributed by atoms with Crippen molar-refractivity contribution in [3.63, 3.8) is 0 Å². The molecule has 2 saturated carbocycles. The zero-order chi connectivity index (χ0) is 25.5. The molecule has 36 heavy (non-hydrogen) atoms. The van der Waals surface area contributed by atoms with Crippen LogP contribution in [-0.4, -0.2) is 66.1 Å². The highest BCUT2D eigenvalue weighted by Gasteiger charge is 2.61. The van der Waals surface area contributed by atoms with Crippen molar-refractivity contribution in [3.05, 3.63) is 35.9 Å². The Morgan fingerprint density at radius 1 is 1.11 bits per heavy atom. The fourth-order valence-corrected chi connectivity index (χ4v) is 7.91. The molecule has 7 nitrogen and oxygen atoms in total. The lowest BCUT2D eigenvalue weighted by Crippen LogP contribution is -2.63. The Morgan fingerprint density at radius 3 is 2.64 bits per heavy atom. The van der Waals surface area contributed by atoms with Crippen LogP contribution in [0.4, 0.5) is 0 Å². The number of hydrogen-bond donors (Lipinski definition) is 2. The second-order valence-corrected chi connectivity index (χ2v) is 12.1. The van der Waals surface area contributed by atoms with E-state index in [1.54, 1.807) is 0 Å². The molecule has 4 fully saturated rings. The van der Waals surface area contributed by atoms with Gasteiger partial charge in [0.25, 0.3) is 0 Å². The number of carbonyl (C=O) groups is 2. The largest absolute Gasteiger partial charge is 0.393 e. The second-order valence-electron chi connectivity index (χ2n) is 12.1. The number of likely N-dealkylation sites (tertiary alicyclic amines) is 1. The molecule has 1 aromatic rings. The first-order chi connectivity index (χ1) is 17.2. The van der Waals surface area contributed by atoms with Crippen LogP contribution in [0.2, 0.25) is 0 Å².